The molecule has 0 aromatic heterocycles. The molecule has 0 saturated heterocycles. The van der Waals surface area contributed by atoms with E-state index in [4.69, 9.17) is 9.47 Å². The Labute approximate surface area is 242 Å². The van der Waals surface area contributed by atoms with E-state index in [2.05, 4.69) is 30.6 Å². The molecule has 2 aromatic rings. The second-order valence-electron chi connectivity index (χ2n) is 12.9. The first kappa shape index (κ1) is 27.8. The molecule has 218 valence electrons. The smallest absolute Gasteiger partial charge is 0.309 e. The third kappa shape index (κ3) is 4.81. The minimum atomic E-state index is -0.276. The van der Waals surface area contributed by atoms with Crippen LogP contribution in [0.2, 0.25) is 0 Å². The topological polar surface area (TPSA) is 93.7 Å². The Morgan fingerprint density at radius 3 is 2.63 bits per heavy atom. The summed E-state index contributed by atoms with van der Waals surface area (Å²) in [5.41, 5.74) is 0.764. The van der Waals surface area contributed by atoms with Crippen LogP contribution in [-0.2, 0) is 19.1 Å². The van der Waals surface area contributed by atoms with Gasteiger partial charge in [-0.2, -0.15) is 0 Å². The van der Waals surface area contributed by atoms with Crippen molar-refractivity contribution in [3.8, 4) is 5.75 Å². The Hall–Kier alpha value is -3.35. The zero-order valence-corrected chi connectivity index (χ0v) is 24.4. The number of esters is 1. The highest BCUT2D eigenvalue weighted by Crippen LogP contribution is 2.65. The van der Waals surface area contributed by atoms with Gasteiger partial charge >= 0.3 is 5.97 Å². The molecule has 3 aliphatic carbocycles. The molecule has 6 rings (SSSR count). The van der Waals surface area contributed by atoms with Gasteiger partial charge in [0, 0.05) is 33.8 Å². The van der Waals surface area contributed by atoms with Gasteiger partial charge in [-0.05, 0) is 86.8 Å². The summed E-state index contributed by atoms with van der Waals surface area (Å²) in [6.45, 7) is 7.07. The van der Waals surface area contributed by atoms with Crippen LogP contribution < -0.4 is 15.4 Å². The normalized spacial score (nSPS) is 33.7. The van der Waals surface area contributed by atoms with Gasteiger partial charge in [0.15, 0.2) is 0 Å². The van der Waals surface area contributed by atoms with Crippen molar-refractivity contribution in [3.63, 3.8) is 0 Å². The monoisotopic (exact) mass is 558 g/mol. The number of ether oxygens (including phenoxy) is 2. The average Bonchev–Trinajstić information content (AvgIpc) is 3.31. The van der Waals surface area contributed by atoms with E-state index >= 15 is 0 Å². The lowest BCUT2D eigenvalue weighted by Gasteiger charge is -2.58. The van der Waals surface area contributed by atoms with E-state index in [1.165, 1.54) is 0 Å². The van der Waals surface area contributed by atoms with Crippen LogP contribution in [-0.4, -0.2) is 37.0 Å². The van der Waals surface area contributed by atoms with Crippen LogP contribution in [0.3, 0.4) is 0 Å². The summed E-state index contributed by atoms with van der Waals surface area (Å²) in [6, 6.07) is 11.9. The lowest BCUT2D eigenvalue weighted by Crippen LogP contribution is -2.59. The molecule has 4 aliphatic rings. The fourth-order valence-electron chi connectivity index (χ4n) is 8.98. The van der Waals surface area contributed by atoms with E-state index in [0.717, 1.165) is 55.0 Å². The Morgan fingerprint density at radius 1 is 1.00 bits per heavy atom. The van der Waals surface area contributed by atoms with E-state index in [-0.39, 0.29) is 53.6 Å². The number of anilines is 1. The number of hydrogen-bond acceptors (Lipinski definition) is 5. The van der Waals surface area contributed by atoms with Crippen molar-refractivity contribution in [1.82, 2.24) is 5.32 Å². The molecule has 3 saturated carbocycles. The van der Waals surface area contributed by atoms with Crippen molar-refractivity contribution in [2.24, 2.45) is 34.5 Å². The van der Waals surface area contributed by atoms with Crippen molar-refractivity contribution in [2.45, 2.75) is 71.8 Å². The van der Waals surface area contributed by atoms with Gasteiger partial charge in [-0.3, -0.25) is 14.4 Å². The Morgan fingerprint density at radius 2 is 1.80 bits per heavy atom. The van der Waals surface area contributed by atoms with Crippen molar-refractivity contribution < 1.29 is 23.9 Å². The van der Waals surface area contributed by atoms with Gasteiger partial charge in [-0.1, -0.05) is 44.2 Å². The van der Waals surface area contributed by atoms with E-state index < -0.39 is 0 Å². The Kier molecular flexibility index (Phi) is 7.33. The molecule has 1 heterocycles. The second kappa shape index (κ2) is 10.8. The van der Waals surface area contributed by atoms with Gasteiger partial charge in [0.2, 0.25) is 11.8 Å². The van der Waals surface area contributed by atoms with Gasteiger partial charge in [-0.25, -0.2) is 0 Å². The molecule has 41 heavy (non-hydrogen) atoms. The quantitative estimate of drug-likeness (QED) is 0.405. The number of carbonyl (C=O) groups is 3. The first-order valence-electron chi connectivity index (χ1n) is 15.4. The predicted molar refractivity (Wildman–Crippen MR) is 158 cm³/mol. The van der Waals surface area contributed by atoms with Crippen LogP contribution in [0.25, 0.3) is 10.8 Å². The lowest BCUT2D eigenvalue weighted by atomic mass is 9.48. The highest BCUT2D eigenvalue weighted by molar-refractivity contribution is 6.04. The Balaban J connectivity index is 1.18. The van der Waals surface area contributed by atoms with Gasteiger partial charge in [0.1, 0.15) is 5.75 Å². The zero-order valence-electron chi connectivity index (χ0n) is 24.4. The van der Waals surface area contributed by atoms with Gasteiger partial charge < -0.3 is 20.1 Å². The second-order valence-corrected chi connectivity index (χ2v) is 12.9. The van der Waals surface area contributed by atoms with E-state index in [1.807, 2.05) is 36.4 Å². The summed E-state index contributed by atoms with van der Waals surface area (Å²) in [4.78, 5) is 37.7. The number of hydrogen-bond donors (Lipinski definition) is 2. The maximum atomic E-state index is 13.9. The van der Waals surface area contributed by atoms with Crippen molar-refractivity contribution in [2.75, 3.05) is 18.5 Å². The van der Waals surface area contributed by atoms with Crippen LogP contribution in [0, 0.1) is 34.5 Å². The molecular formula is C34H42N2O5. The maximum absolute atomic E-state index is 13.9. The highest BCUT2D eigenvalue weighted by atomic mass is 16.5. The lowest BCUT2D eigenvalue weighted by molar-refractivity contribution is -0.143. The van der Waals surface area contributed by atoms with E-state index in [0.29, 0.717) is 30.1 Å². The molecule has 7 atom stereocenters. The van der Waals surface area contributed by atoms with Crippen LogP contribution in [0.15, 0.2) is 48.6 Å². The Bertz CT molecular complexity index is 1390. The molecule has 0 unspecified atom stereocenters. The average molecular weight is 559 g/mol. The molecular weight excluding hydrogens is 516 g/mol. The van der Waals surface area contributed by atoms with Crippen molar-refractivity contribution >= 4 is 34.2 Å². The minimum Gasteiger partial charge on any atom is -0.492 e. The fourth-order valence-corrected chi connectivity index (χ4v) is 8.98. The largest absolute Gasteiger partial charge is 0.492 e. The molecule has 1 aliphatic heterocycles. The zero-order chi connectivity index (χ0) is 28.8. The van der Waals surface area contributed by atoms with Crippen molar-refractivity contribution in [1.29, 1.82) is 0 Å². The maximum Gasteiger partial charge on any atom is 0.309 e. The molecule has 7 nitrogen and oxygen atoms in total. The van der Waals surface area contributed by atoms with Crippen LogP contribution in [0.4, 0.5) is 5.69 Å². The number of fused-ring (bicyclic) bond motifs is 6. The number of amides is 2. The van der Waals surface area contributed by atoms with Crippen molar-refractivity contribution in [3.05, 3.63) is 48.6 Å². The van der Waals surface area contributed by atoms with Gasteiger partial charge in [0.25, 0.3) is 0 Å². The molecule has 0 spiro atoms. The SMILES string of the molecule is CCOC(=O)CCOc1cccc2c(NC(=O)[C@H]3CC[C@H]4[C@@H]5CC[C@H]6NC(=O)C=C[C@]6(C)[C@H]5CC[C@]34C)cccc12. The summed E-state index contributed by atoms with van der Waals surface area (Å²) >= 11 is 0. The molecule has 3 fully saturated rings. The molecule has 7 heteroatoms. The summed E-state index contributed by atoms with van der Waals surface area (Å²) in [5, 5.41) is 8.37. The number of nitrogens with one attached hydrogen (secondary N) is 2. The minimum absolute atomic E-state index is 0.00243. The van der Waals surface area contributed by atoms with E-state index in [9.17, 15) is 14.4 Å². The summed E-state index contributed by atoms with van der Waals surface area (Å²) in [6.07, 6.45) is 10.4. The van der Waals surface area contributed by atoms with E-state index in [1.54, 1.807) is 13.0 Å². The number of carbonyl (C=O) groups excluding carboxylic acids is 3. The summed E-state index contributed by atoms with van der Waals surface area (Å²) < 4.78 is 10.9. The first-order chi connectivity index (χ1) is 19.7. The summed E-state index contributed by atoms with van der Waals surface area (Å²) in [7, 11) is 0. The first-order valence-corrected chi connectivity index (χ1v) is 15.4. The molecule has 0 bridgehead atoms. The fraction of sp³-hybridized carbons (Fsp3) is 0.559. The molecule has 0 radical (unpaired) electrons. The number of benzene rings is 2. The number of rotatable bonds is 7. The molecule has 2 N–H and O–H groups in total. The third-order valence-corrected chi connectivity index (χ3v) is 11.0. The van der Waals surface area contributed by atoms with Crippen LogP contribution in [0.1, 0.15) is 65.7 Å². The van der Waals surface area contributed by atoms with Crippen LogP contribution >= 0.6 is 0 Å². The van der Waals surface area contributed by atoms with Gasteiger partial charge in [-0.15, -0.1) is 0 Å². The highest BCUT2D eigenvalue weighted by Gasteiger charge is 2.60. The van der Waals surface area contributed by atoms with Crippen LogP contribution in [0.5, 0.6) is 5.75 Å². The molecule has 2 amide bonds. The third-order valence-electron chi connectivity index (χ3n) is 11.0. The summed E-state index contributed by atoms with van der Waals surface area (Å²) in [5.74, 6) is 2.17. The van der Waals surface area contributed by atoms with Gasteiger partial charge in [0.05, 0.1) is 19.6 Å². The molecule has 2 aromatic carbocycles. The predicted octanol–water partition coefficient (Wildman–Crippen LogP) is 6.02. The standard InChI is InChI=1S/C34H42N2O5/c1-4-40-31(38)17-20-41-28-10-6-7-21-22(28)8-5-9-27(21)35-32(39)26-13-12-24-23-11-14-29-34(3,19-16-30(37)36-29)25(23)15-18-33(24,26)2/h5-10,16,19,23-26,29H,4,11-15,17-18,20H2,1-3H3,(H,35,39)(H,36,37)/t23-,24-,25-,26+,29+,33-,34+/m0/s1.